The van der Waals surface area contributed by atoms with Crippen molar-refractivity contribution in [1.82, 2.24) is 4.90 Å². The van der Waals surface area contributed by atoms with Crippen LogP contribution in [0.4, 0.5) is 0 Å². The maximum atomic E-state index is 10.7. The minimum Gasteiger partial charge on any atom is -0.481 e. The number of carboxylic acid groups (broad SMARTS) is 1. The molecule has 1 saturated heterocycles. The fourth-order valence-electron chi connectivity index (χ4n) is 2.20. The third-order valence-corrected chi connectivity index (χ3v) is 3.65. The molecule has 0 saturated carbocycles. The Morgan fingerprint density at radius 2 is 2.33 bits per heavy atom. The SMILES string of the molecule is CSCCCN1CCCCC1CC(=O)O. The summed E-state index contributed by atoms with van der Waals surface area (Å²) in [6, 6.07) is 0.290. The van der Waals surface area contributed by atoms with Crippen molar-refractivity contribution in [2.45, 2.75) is 38.1 Å². The lowest BCUT2D eigenvalue weighted by Gasteiger charge is -2.34. The first kappa shape index (κ1) is 12.8. The molecule has 1 aliphatic rings. The Balaban J connectivity index is 2.32. The molecule has 0 aromatic carbocycles. The first-order valence-electron chi connectivity index (χ1n) is 5.69. The zero-order chi connectivity index (χ0) is 11.1. The van der Waals surface area contributed by atoms with Gasteiger partial charge in [0, 0.05) is 6.04 Å². The Bertz CT molecular complexity index is 199. The van der Waals surface area contributed by atoms with Crippen molar-refractivity contribution in [2.24, 2.45) is 0 Å². The molecule has 88 valence electrons. The van der Waals surface area contributed by atoms with Crippen LogP contribution in [0.15, 0.2) is 0 Å². The molecule has 1 atom stereocenters. The van der Waals surface area contributed by atoms with Gasteiger partial charge in [-0.25, -0.2) is 0 Å². The van der Waals surface area contributed by atoms with Gasteiger partial charge in [-0.05, 0) is 44.4 Å². The molecule has 1 rings (SSSR count). The van der Waals surface area contributed by atoms with Gasteiger partial charge in [-0.15, -0.1) is 0 Å². The number of aliphatic carboxylic acids is 1. The Morgan fingerprint density at radius 1 is 1.53 bits per heavy atom. The molecule has 0 bridgehead atoms. The summed E-state index contributed by atoms with van der Waals surface area (Å²) in [5, 5.41) is 8.82. The van der Waals surface area contributed by atoms with Gasteiger partial charge in [-0.2, -0.15) is 11.8 Å². The zero-order valence-electron chi connectivity index (χ0n) is 9.45. The van der Waals surface area contributed by atoms with E-state index in [4.69, 9.17) is 5.11 Å². The molecule has 4 heteroatoms. The van der Waals surface area contributed by atoms with Gasteiger partial charge in [-0.3, -0.25) is 9.69 Å². The van der Waals surface area contributed by atoms with E-state index in [2.05, 4.69) is 11.2 Å². The first-order chi connectivity index (χ1) is 7.24. The van der Waals surface area contributed by atoms with Crippen LogP contribution in [0.1, 0.15) is 32.1 Å². The second-order valence-corrected chi connectivity index (χ2v) is 5.12. The average molecular weight is 231 g/mol. The van der Waals surface area contributed by atoms with Crippen LogP contribution in [0.5, 0.6) is 0 Å². The highest BCUT2D eigenvalue weighted by Gasteiger charge is 2.23. The van der Waals surface area contributed by atoms with E-state index in [9.17, 15) is 4.79 Å². The topological polar surface area (TPSA) is 40.5 Å². The predicted molar refractivity (Wildman–Crippen MR) is 64.5 cm³/mol. The highest BCUT2D eigenvalue weighted by atomic mass is 32.2. The first-order valence-corrected chi connectivity index (χ1v) is 7.08. The van der Waals surface area contributed by atoms with E-state index in [1.165, 1.54) is 25.0 Å². The Hall–Kier alpha value is -0.220. The molecule has 0 spiro atoms. The highest BCUT2D eigenvalue weighted by Crippen LogP contribution is 2.20. The van der Waals surface area contributed by atoms with Gasteiger partial charge in [0.05, 0.1) is 6.42 Å². The summed E-state index contributed by atoms with van der Waals surface area (Å²) in [5.74, 6) is 0.521. The van der Waals surface area contributed by atoms with Crippen LogP contribution in [0.2, 0.25) is 0 Å². The second kappa shape index (κ2) is 7.12. The molecule has 1 N–H and O–H groups in total. The zero-order valence-corrected chi connectivity index (χ0v) is 10.3. The second-order valence-electron chi connectivity index (χ2n) is 4.13. The van der Waals surface area contributed by atoms with Crippen molar-refractivity contribution in [3.05, 3.63) is 0 Å². The van der Waals surface area contributed by atoms with Crippen LogP contribution in [0, 0.1) is 0 Å². The number of hydrogen-bond acceptors (Lipinski definition) is 3. The van der Waals surface area contributed by atoms with Gasteiger partial charge in [0.25, 0.3) is 0 Å². The summed E-state index contributed by atoms with van der Waals surface area (Å²) in [5.41, 5.74) is 0. The number of carbonyl (C=O) groups is 1. The molecule has 1 aliphatic heterocycles. The quantitative estimate of drug-likeness (QED) is 0.710. The molecule has 1 unspecified atom stereocenters. The molecular weight excluding hydrogens is 210 g/mol. The van der Waals surface area contributed by atoms with E-state index in [0.29, 0.717) is 6.42 Å². The molecule has 0 aromatic heterocycles. The molecule has 0 aliphatic carbocycles. The Kier molecular flexibility index (Phi) is 6.10. The third-order valence-electron chi connectivity index (χ3n) is 2.95. The number of nitrogens with zero attached hydrogens (tertiary/aromatic N) is 1. The molecule has 1 heterocycles. The summed E-state index contributed by atoms with van der Waals surface area (Å²) < 4.78 is 0. The van der Waals surface area contributed by atoms with Gasteiger partial charge in [-0.1, -0.05) is 6.42 Å². The van der Waals surface area contributed by atoms with E-state index >= 15 is 0 Å². The third kappa shape index (κ3) is 4.89. The lowest BCUT2D eigenvalue weighted by Crippen LogP contribution is -2.41. The summed E-state index contributed by atoms with van der Waals surface area (Å²) in [7, 11) is 0. The summed E-state index contributed by atoms with van der Waals surface area (Å²) in [4.78, 5) is 13.1. The standard InChI is InChI=1S/C11H21NO2S/c1-15-8-4-7-12-6-3-2-5-10(12)9-11(13)14/h10H,2-9H2,1H3,(H,13,14). The van der Waals surface area contributed by atoms with E-state index in [0.717, 1.165) is 19.5 Å². The number of rotatable bonds is 6. The fraction of sp³-hybridized carbons (Fsp3) is 0.909. The van der Waals surface area contributed by atoms with Crippen LogP contribution < -0.4 is 0 Å². The summed E-state index contributed by atoms with van der Waals surface area (Å²) in [6.45, 7) is 2.16. The van der Waals surface area contributed by atoms with Crippen LogP contribution >= 0.6 is 11.8 Å². The van der Waals surface area contributed by atoms with Crippen molar-refractivity contribution in [3.8, 4) is 0 Å². The van der Waals surface area contributed by atoms with Crippen molar-refractivity contribution in [2.75, 3.05) is 25.1 Å². The van der Waals surface area contributed by atoms with E-state index in [1.807, 2.05) is 11.8 Å². The molecule has 1 fully saturated rings. The van der Waals surface area contributed by atoms with E-state index < -0.39 is 5.97 Å². The number of carboxylic acids is 1. The van der Waals surface area contributed by atoms with Gasteiger partial charge >= 0.3 is 5.97 Å². The Morgan fingerprint density at radius 3 is 3.00 bits per heavy atom. The lowest BCUT2D eigenvalue weighted by atomic mass is 9.99. The van der Waals surface area contributed by atoms with Gasteiger partial charge in [0.2, 0.25) is 0 Å². The van der Waals surface area contributed by atoms with Gasteiger partial charge in [0.1, 0.15) is 0 Å². The smallest absolute Gasteiger partial charge is 0.304 e. The molecule has 15 heavy (non-hydrogen) atoms. The maximum absolute atomic E-state index is 10.7. The number of likely N-dealkylation sites (tertiary alicyclic amines) is 1. The van der Waals surface area contributed by atoms with Crippen LogP contribution in [-0.4, -0.2) is 47.1 Å². The van der Waals surface area contributed by atoms with E-state index in [-0.39, 0.29) is 6.04 Å². The van der Waals surface area contributed by atoms with Crippen LogP contribution in [0.3, 0.4) is 0 Å². The summed E-state index contributed by atoms with van der Waals surface area (Å²) in [6.07, 6.45) is 7.10. The molecular formula is C11H21NO2S. The molecule has 0 amide bonds. The molecule has 0 radical (unpaired) electrons. The number of piperidine rings is 1. The van der Waals surface area contributed by atoms with Crippen molar-refractivity contribution < 1.29 is 9.90 Å². The maximum Gasteiger partial charge on any atom is 0.304 e. The van der Waals surface area contributed by atoms with Crippen molar-refractivity contribution in [1.29, 1.82) is 0 Å². The molecule has 3 nitrogen and oxygen atoms in total. The fourth-order valence-corrected chi connectivity index (χ4v) is 2.62. The van der Waals surface area contributed by atoms with Crippen molar-refractivity contribution in [3.63, 3.8) is 0 Å². The molecule has 0 aromatic rings. The largest absolute Gasteiger partial charge is 0.481 e. The minimum absolute atomic E-state index is 0.290. The lowest BCUT2D eigenvalue weighted by molar-refractivity contribution is -0.138. The highest BCUT2D eigenvalue weighted by molar-refractivity contribution is 7.98. The van der Waals surface area contributed by atoms with Crippen molar-refractivity contribution >= 4 is 17.7 Å². The number of thioether (sulfide) groups is 1. The average Bonchev–Trinajstić information content (AvgIpc) is 2.20. The number of hydrogen-bond donors (Lipinski definition) is 1. The van der Waals surface area contributed by atoms with Crippen LogP contribution in [0.25, 0.3) is 0 Å². The normalized spacial score (nSPS) is 22.9. The van der Waals surface area contributed by atoms with Crippen LogP contribution in [-0.2, 0) is 4.79 Å². The predicted octanol–water partition coefficient (Wildman–Crippen LogP) is 2.07. The van der Waals surface area contributed by atoms with Gasteiger partial charge in [0.15, 0.2) is 0 Å². The van der Waals surface area contributed by atoms with Gasteiger partial charge < -0.3 is 5.11 Å². The summed E-state index contributed by atoms with van der Waals surface area (Å²) >= 11 is 1.86. The monoisotopic (exact) mass is 231 g/mol. The minimum atomic E-state index is -0.656. The Labute approximate surface area is 96.2 Å². The van der Waals surface area contributed by atoms with E-state index in [1.54, 1.807) is 0 Å².